The second kappa shape index (κ2) is 8.24. The Hall–Kier alpha value is -2.52. The van der Waals surface area contributed by atoms with E-state index in [0.717, 1.165) is 49.1 Å². The highest BCUT2D eigenvalue weighted by molar-refractivity contribution is 6.30. The minimum absolute atomic E-state index is 0.436. The molecule has 28 heavy (non-hydrogen) atoms. The minimum Gasteiger partial charge on any atom is -0.354 e. The quantitative estimate of drug-likeness (QED) is 0.444. The van der Waals surface area contributed by atoms with Crippen LogP contribution < -0.4 is 21.5 Å². The smallest absolute Gasteiger partial charge is 0.182 e. The number of hydrazine groups is 1. The highest BCUT2D eigenvalue weighted by Crippen LogP contribution is 2.26. The average molecular weight is 399 g/mol. The van der Waals surface area contributed by atoms with Gasteiger partial charge in [0.25, 0.3) is 0 Å². The Morgan fingerprint density at radius 2 is 1.86 bits per heavy atom. The molecule has 4 rings (SSSR count). The molecule has 146 valence electrons. The largest absolute Gasteiger partial charge is 0.354 e. The van der Waals surface area contributed by atoms with Crippen molar-refractivity contribution in [1.29, 1.82) is 0 Å². The van der Waals surface area contributed by atoms with Crippen LogP contribution in [-0.2, 0) is 6.54 Å². The monoisotopic (exact) mass is 398 g/mol. The van der Waals surface area contributed by atoms with E-state index in [1.54, 1.807) is 0 Å². The number of hydrogen-bond donors (Lipinski definition) is 3. The number of rotatable bonds is 5. The van der Waals surface area contributed by atoms with E-state index in [-0.39, 0.29) is 0 Å². The number of likely N-dealkylation sites (N-methyl/N-ethyl adjacent to an activating group) is 1. The van der Waals surface area contributed by atoms with Gasteiger partial charge in [0, 0.05) is 36.9 Å². The molecule has 0 saturated carbocycles. The SMILES string of the molecule is CN1CCN(c2cnc3c(Nc4ccc(Cl)cc4)cc(CNN)nc3n2)CC1. The maximum absolute atomic E-state index is 5.99. The highest BCUT2D eigenvalue weighted by atomic mass is 35.5. The van der Waals surface area contributed by atoms with Gasteiger partial charge in [0.2, 0.25) is 0 Å². The van der Waals surface area contributed by atoms with E-state index in [1.165, 1.54) is 0 Å². The van der Waals surface area contributed by atoms with Gasteiger partial charge in [-0.15, -0.1) is 0 Å². The molecule has 1 aromatic carbocycles. The van der Waals surface area contributed by atoms with Gasteiger partial charge < -0.3 is 15.1 Å². The summed E-state index contributed by atoms with van der Waals surface area (Å²) < 4.78 is 0. The maximum Gasteiger partial charge on any atom is 0.182 e. The fourth-order valence-corrected chi connectivity index (χ4v) is 3.33. The first-order valence-corrected chi connectivity index (χ1v) is 9.56. The standard InChI is InChI=1S/C19H23ClN8/c1-27-6-8-28(9-7-27)17-12-22-18-16(24-14-4-2-13(20)3-5-14)10-15(11-23-21)25-19(18)26-17/h2-5,10,12,23H,6-9,11,21H2,1H3,(H,24,25,26). The lowest BCUT2D eigenvalue weighted by molar-refractivity contribution is 0.312. The van der Waals surface area contributed by atoms with Crippen LogP contribution in [0.3, 0.4) is 0 Å². The molecule has 3 heterocycles. The first-order chi connectivity index (χ1) is 13.6. The predicted molar refractivity (Wildman–Crippen MR) is 113 cm³/mol. The van der Waals surface area contributed by atoms with Crippen LogP contribution in [0.5, 0.6) is 0 Å². The molecular formula is C19H23ClN8. The second-order valence-corrected chi connectivity index (χ2v) is 7.30. The minimum atomic E-state index is 0.436. The van der Waals surface area contributed by atoms with Crippen molar-refractivity contribution < 1.29 is 0 Å². The summed E-state index contributed by atoms with van der Waals surface area (Å²) in [5.74, 6) is 6.36. The number of fused-ring (bicyclic) bond motifs is 1. The number of piperazine rings is 1. The first-order valence-electron chi connectivity index (χ1n) is 9.18. The number of aromatic nitrogens is 3. The van der Waals surface area contributed by atoms with Crippen molar-refractivity contribution in [2.24, 2.45) is 5.84 Å². The van der Waals surface area contributed by atoms with Gasteiger partial charge in [0.05, 0.1) is 24.1 Å². The number of hydrogen-bond acceptors (Lipinski definition) is 8. The van der Waals surface area contributed by atoms with Crippen LogP contribution in [0.15, 0.2) is 36.5 Å². The highest BCUT2D eigenvalue weighted by Gasteiger charge is 2.17. The summed E-state index contributed by atoms with van der Waals surface area (Å²) in [4.78, 5) is 18.6. The lowest BCUT2D eigenvalue weighted by atomic mass is 10.2. The molecule has 3 aromatic rings. The van der Waals surface area contributed by atoms with E-state index in [0.29, 0.717) is 22.7 Å². The van der Waals surface area contributed by atoms with Crippen molar-refractivity contribution in [2.45, 2.75) is 6.54 Å². The van der Waals surface area contributed by atoms with E-state index < -0.39 is 0 Å². The molecule has 0 atom stereocenters. The summed E-state index contributed by atoms with van der Waals surface area (Å²) in [5, 5.41) is 4.08. The third-order valence-electron chi connectivity index (χ3n) is 4.79. The zero-order chi connectivity index (χ0) is 19.5. The molecule has 4 N–H and O–H groups in total. The Kier molecular flexibility index (Phi) is 5.54. The summed E-state index contributed by atoms with van der Waals surface area (Å²) in [6, 6.07) is 9.45. The van der Waals surface area contributed by atoms with Crippen LogP contribution in [0, 0.1) is 0 Å². The summed E-state index contributed by atoms with van der Waals surface area (Å²) in [5.41, 5.74) is 6.50. The summed E-state index contributed by atoms with van der Waals surface area (Å²) >= 11 is 5.99. The molecule has 9 heteroatoms. The Balaban J connectivity index is 1.70. The van der Waals surface area contributed by atoms with Gasteiger partial charge in [-0.05, 0) is 37.4 Å². The van der Waals surface area contributed by atoms with Crippen molar-refractivity contribution in [3.8, 4) is 0 Å². The summed E-state index contributed by atoms with van der Waals surface area (Å²) in [7, 11) is 2.13. The van der Waals surface area contributed by atoms with Crippen LogP contribution in [-0.4, -0.2) is 53.1 Å². The number of nitrogens with one attached hydrogen (secondary N) is 2. The molecule has 8 nitrogen and oxygen atoms in total. The van der Waals surface area contributed by atoms with Crippen molar-refractivity contribution in [3.05, 3.63) is 47.2 Å². The van der Waals surface area contributed by atoms with Crippen LogP contribution in [0.25, 0.3) is 11.2 Å². The normalized spacial score (nSPS) is 15.2. The van der Waals surface area contributed by atoms with Gasteiger partial charge in [0.1, 0.15) is 11.3 Å². The van der Waals surface area contributed by atoms with Gasteiger partial charge in [-0.1, -0.05) is 11.6 Å². The molecule has 1 fully saturated rings. The van der Waals surface area contributed by atoms with Crippen LogP contribution in [0.2, 0.25) is 5.02 Å². The van der Waals surface area contributed by atoms with E-state index in [2.05, 4.69) is 37.6 Å². The molecule has 0 unspecified atom stereocenters. The Bertz CT molecular complexity index is 954. The fourth-order valence-electron chi connectivity index (χ4n) is 3.21. The zero-order valence-corrected chi connectivity index (χ0v) is 16.4. The topological polar surface area (TPSA) is 95.2 Å². The van der Waals surface area contributed by atoms with Crippen molar-refractivity contribution in [3.63, 3.8) is 0 Å². The third-order valence-corrected chi connectivity index (χ3v) is 5.04. The van der Waals surface area contributed by atoms with E-state index >= 15 is 0 Å². The van der Waals surface area contributed by atoms with Gasteiger partial charge in [-0.3, -0.25) is 11.3 Å². The van der Waals surface area contributed by atoms with Gasteiger partial charge in [0.15, 0.2) is 5.65 Å². The molecule has 0 spiro atoms. The number of nitrogens with two attached hydrogens (primary N) is 1. The van der Waals surface area contributed by atoms with Crippen molar-refractivity contribution in [2.75, 3.05) is 43.4 Å². The number of halogens is 1. The Labute approximate surface area is 168 Å². The van der Waals surface area contributed by atoms with Gasteiger partial charge >= 0.3 is 0 Å². The second-order valence-electron chi connectivity index (χ2n) is 6.86. The lowest BCUT2D eigenvalue weighted by Crippen LogP contribution is -2.44. The van der Waals surface area contributed by atoms with E-state index in [9.17, 15) is 0 Å². The molecule has 2 aromatic heterocycles. The molecule has 0 radical (unpaired) electrons. The third kappa shape index (κ3) is 4.15. The van der Waals surface area contributed by atoms with Crippen LogP contribution in [0.4, 0.5) is 17.2 Å². The number of benzene rings is 1. The average Bonchev–Trinajstić information content (AvgIpc) is 2.70. The lowest BCUT2D eigenvalue weighted by Gasteiger charge is -2.33. The summed E-state index contributed by atoms with van der Waals surface area (Å²) in [6.45, 7) is 4.31. The van der Waals surface area contributed by atoms with E-state index in [4.69, 9.17) is 22.4 Å². The van der Waals surface area contributed by atoms with Crippen LogP contribution >= 0.6 is 11.6 Å². The Morgan fingerprint density at radius 1 is 1.11 bits per heavy atom. The molecule has 0 aliphatic carbocycles. The summed E-state index contributed by atoms with van der Waals surface area (Å²) in [6.07, 6.45) is 1.82. The predicted octanol–water partition coefficient (Wildman–Crippen LogP) is 2.14. The van der Waals surface area contributed by atoms with Crippen LogP contribution in [0.1, 0.15) is 5.69 Å². The Morgan fingerprint density at radius 3 is 2.57 bits per heavy atom. The number of anilines is 3. The zero-order valence-electron chi connectivity index (χ0n) is 15.7. The molecule has 0 bridgehead atoms. The van der Waals surface area contributed by atoms with Crippen molar-refractivity contribution >= 4 is 40.0 Å². The van der Waals surface area contributed by atoms with Gasteiger partial charge in [-0.2, -0.15) is 0 Å². The molecule has 1 saturated heterocycles. The fraction of sp³-hybridized carbons (Fsp3) is 0.316. The first kappa shape index (κ1) is 18.8. The molecule has 1 aliphatic heterocycles. The van der Waals surface area contributed by atoms with E-state index in [1.807, 2.05) is 36.5 Å². The molecular weight excluding hydrogens is 376 g/mol. The maximum atomic E-state index is 5.99. The molecule has 0 amide bonds. The molecule has 1 aliphatic rings. The van der Waals surface area contributed by atoms with Gasteiger partial charge in [-0.25, -0.2) is 15.0 Å². The van der Waals surface area contributed by atoms with Crippen molar-refractivity contribution in [1.82, 2.24) is 25.3 Å². The number of pyridine rings is 1. The number of nitrogens with zero attached hydrogens (tertiary/aromatic N) is 5.